The second kappa shape index (κ2) is 9.87. The van der Waals surface area contributed by atoms with Gasteiger partial charge in [0.1, 0.15) is 18.1 Å². The Morgan fingerprint density at radius 1 is 1.14 bits per heavy atom. The molecule has 182 valence electrons. The zero-order valence-corrected chi connectivity index (χ0v) is 19.7. The number of nitrogens with zero attached hydrogens (tertiary/aromatic N) is 3. The van der Waals surface area contributed by atoms with Crippen LogP contribution in [0.15, 0.2) is 47.4 Å². The van der Waals surface area contributed by atoms with E-state index in [4.69, 9.17) is 9.47 Å². The Kier molecular flexibility index (Phi) is 6.50. The lowest BCUT2D eigenvalue weighted by atomic mass is 10.0. The second-order valence-corrected chi connectivity index (χ2v) is 8.97. The number of aromatic nitrogens is 2. The van der Waals surface area contributed by atoms with Crippen molar-refractivity contribution in [1.82, 2.24) is 14.9 Å². The van der Waals surface area contributed by atoms with Gasteiger partial charge in [-0.05, 0) is 49.7 Å². The zero-order valence-electron chi connectivity index (χ0n) is 19.7. The lowest BCUT2D eigenvalue weighted by Gasteiger charge is -2.21. The van der Waals surface area contributed by atoms with Crippen molar-refractivity contribution in [2.45, 2.75) is 38.3 Å². The first-order chi connectivity index (χ1) is 17.0. The number of amides is 1. The Morgan fingerprint density at radius 3 is 2.89 bits per heavy atom. The van der Waals surface area contributed by atoms with Crippen LogP contribution >= 0.6 is 0 Å². The number of unbranched alkanes of at least 4 members (excludes halogenated alkanes) is 1. The van der Waals surface area contributed by atoms with Gasteiger partial charge in [-0.3, -0.25) is 14.4 Å². The van der Waals surface area contributed by atoms with Crippen LogP contribution in [0.5, 0.6) is 11.5 Å². The Morgan fingerprint density at radius 2 is 2.03 bits per heavy atom. The molecule has 1 atom stereocenters. The topological polar surface area (TPSA) is 103 Å². The zero-order chi connectivity index (χ0) is 24.4. The molecular formula is C26H28N4O5. The Bertz CT molecular complexity index is 1340. The molecule has 2 aromatic carbocycles. The summed E-state index contributed by atoms with van der Waals surface area (Å²) in [7, 11) is 1.60. The van der Waals surface area contributed by atoms with E-state index < -0.39 is 0 Å². The number of anilines is 1. The van der Waals surface area contributed by atoms with Gasteiger partial charge >= 0.3 is 0 Å². The molecule has 0 aliphatic carbocycles. The lowest BCUT2D eigenvalue weighted by molar-refractivity contribution is -0.121. The van der Waals surface area contributed by atoms with Gasteiger partial charge in [-0.2, -0.15) is 0 Å². The SMILES string of the molecule is COc1ccc2ncc(=O)n(CCCCNC3CC(=O)N(c4ccc5c(c4)CC(=O)CO5)C3)c2c1. The second-order valence-electron chi connectivity index (χ2n) is 8.97. The smallest absolute Gasteiger partial charge is 0.269 e. The largest absolute Gasteiger partial charge is 0.497 e. The normalized spacial score (nSPS) is 17.5. The molecule has 9 nitrogen and oxygen atoms in total. The summed E-state index contributed by atoms with van der Waals surface area (Å²) in [6, 6.07) is 11.2. The van der Waals surface area contributed by atoms with Gasteiger partial charge in [0.15, 0.2) is 5.78 Å². The van der Waals surface area contributed by atoms with Crippen molar-refractivity contribution in [2.75, 3.05) is 31.7 Å². The highest BCUT2D eigenvalue weighted by atomic mass is 16.5. The van der Waals surface area contributed by atoms with Gasteiger partial charge in [0.25, 0.3) is 5.56 Å². The molecule has 2 aliphatic heterocycles. The number of ether oxygens (including phenoxy) is 2. The highest BCUT2D eigenvalue weighted by Gasteiger charge is 2.31. The van der Waals surface area contributed by atoms with Crippen LogP contribution in [0.2, 0.25) is 0 Å². The maximum absolute atomic E-state index is 12.6. The monoisotopic (exact) mass is 476 g/mol. The first-order valence-electron chi connectivity index (χ1n) is 11.9. The molecule has 35 heavy (non-hydrogen) atoms. The molecule has 0 spiro atoms. The van der Waals surface area contributed by atoms with Crippen molar-refractivity contribution < 1.29 is 19.1 Å². The number of ketones is 1. The molecule has 2 aliphatic rings. The summed E-state index contributed by atoms with van der Waals surface area (Å²) in [4.78, 5) is 42.7. The maximum atomic E-state index is 12.6. The number of aryl methyl sites for hydroxylation is 1. The van der Waals surface area contributed by atoms with Crippen LogP contribution in [-0.2, 0) is 22.6 Å². The number of carbonyl (C=O) groups is 2. The van der Waals surface area contributed by atoms with Gasteiger partial charge in [-0.15, -0.1) is 0 Å². The van der Waals surface area contributed by atoms with Gasteiger partial charge in [0.2, 0.25) is 5.91 Å². The fourth-order valence-electron chi connectivity index (χ4n) is 4.73. The number of rotatable bonds is 8. The predicted molar refractivity (Wildman–Crippen MR) is 131 cm³/mol. The Balaban J connectivity index is 1.14. The van der Waals surface area contributed by atoms with E-state index in [2.05, 4.69) is 10.3 Å². The molecule has 1 fully saturated rings. The minimum Gasteiger partial charge on any atom is -0.497 e. The van der Waals surface area contributed by atoms with E-state index in [9.17, 15) is 14.4 Å². The van der Waals surface area contributed by atoms with E-state index in [1.54, 1.807) is 16.6 Å². The quantitative estimate of drug-likeness (QED) is 0.497. The fourth-order valence-corrected chi connectivity index (χ4v) is 4.73. The highest BCUT2D eigenvalue weighted by Crippen LogP contribution is 2.30. The van der Waals surface area contributed by atoms with Gasteiger partial charge < -0.3 is 24.3 Å². The lowest BCUT2D eigenvalue weighted by Crippen LogP contribution is -2.33. The summed E-state index contributed by atoms with van der Waals surface area (Å²) >= 11 is 0. The number of fused-ring (bicyclic) bond motifs is 2. The minimum atomic E-state index is -0.132. The van der Waals surface area contributed by atoms with E-state index in [0.717, 1.165) is 41.7 Å². The summed E-state index contributed by atoms with van der Waals surface area (Å²) < 4.78 is 12.5. The molecule has 9 heteroatoms. The number of carbonyl (C=O) groups excluding carboxylic acids is 2. The van der Waals surface area contributed by atoms with Crippen LogP contribution < -0.4 is 25.2 Å². The molecule has 0 radical (unpaired) electrons. The molecule has 1 aromatic heterocycles. The van der Waals surface area contributed by atoms with Crippen molar-refractivity contribution >= 4 is 28.4 Å². The van der Waals surface area contributed by atoms with Crippen LogP contribution in [0.4, 0.5) is 5.69 Å². The third-order valence-electron chi connectivity index (χ3n) is 6.55. The average Bonchev–Trinajstić information content (AvgIpc) is 3.24. The first-order valence-corrected chi connectivity index (χ1v) is 11.9. The summed E-state index contributed by atoms with van der Waals surface area (Å²) in [5.41, 5.74) is 3.02. The number of methoxy groups -OCH3 is 1. The van der Waals surface area contributed by atoms with Gasteiger partial charge in [-0.1, -0.05) is 0 Å². The van der Waals surface area contributed by atoms with E-state index in [-0.39, 0.29) is 29.9 Å². The third kappa shape index (κ3) is 4.90. The molecule has 3 heterocycles. The molecule has 0 bridgehead atoms. The highest BCUT2D eigenvalue weighted by molar-refractivity contribution is 5.96. The average molecular weight is 477 g/mol. The van der Waals surface area contributed by atoms with Crippen molar-refractivity contribution in [3.8, 4) is 11.5 Å². The Labute approximate surface area is 202 Å². The van der Waals surface area contributed by atoms with Gasteiger partial charge in [-0.25, -0.2) is 4.98 Å². The van der Waals surface area contributed by atoms with Gasteiger partial charge in [0, 0.05) is 49.3 Å². The molecule has 1 unspecified atom stereocenters. The first kappa shape index (κ1) is 23.0. The summed E-state index contributed by atoms with van der Waals surface area (Å²) in [5, 5.41) is 3.48. The van der Waals surface area contributed by atoms with Crippen molar-refractivity contribution in [2.24, 2.45) is 0 Å². The van der Waals surface area contributed by atoms with E-state index in [1.807, 2.05) is 36.4 Å². The standard InChI is InChI=1S/C26H28N4O5/c1-34-21-5-6-22-23(13-21)29(26(33)14-28-22)9-3-2-8-27-18-12-25(32)30(15-18)19-4-7-24-17(10-19)11-20(31)16-35-24/h4-7,10,13-14,18,27H,2-3,8-9,11-12,15-16H2,1H3. The molecule has 1 saturated heterocycles. The predicted octanol–water partition coefficient (Wildman–Crippen LogP) is 2.08. The van der Waals surface area contributed by atoms with Crippen LogP contribution in [0.3, 0.4) is 0 Å². The number of hydrogen-bond donors (Lipinski definition) is 1. The van der Waals surface area contributed by atoms with Gasteiger partial charge in [0.05, 0.1) is 24.3 Å². The third-order valence-corrected chi connectivity index (χ3v) is 6.55. The Hall–Kier alpha value is -3.72. The molecule has 1 amide bonds. The number of Topliss-reactive ketones (excluding diaryl/α,β-unsaturated/α-hetero) is 1. The van der Waals surface area contributed by atoms with Crippen molar-refractivity contribution in [3.05, 3.63) is 58.5 Å². The maximum Gasteiger partial charge on any atom is 0.269 e. The summed E-state index contributed by atoms with van der Waals surface area (Å²) in [5.74, 6) is 1.51. The number of nitrogens with one attached hydrogen (secondary N) is 1. The molecule has 0 saturated carbocycles. The summed E-state index contributed by atoms with van der Waals surface area (Å²) in [6.45, 7) is 2.03. The summed E-state index contributed by atoms with van der Waals surface area (Å²) in [6.07, 6.45) is 3.81. The van der Waals surface area contributed by atoms with Crippen LogP contribution in [0, 0.1) is 0 Å². The number of benzene rings is 2. The van der Waals surface area contributed by atoms with E-state index in [1.165, 1.54) is 6.20 Å². The molecular weight excluding hydrogens is 448 g/mol. The van der Waals surface area contributed by atoms with Crippen molar-refractivity contribution in [1.29, 1.82) is 0 Å². The minimum absolute atomic E-state index is 0.0445. The van der Waals surface area contributed by atoms with Crippen LogP contribution in [-0.4, -0.2) is 54.1 Å². The van der Waals surface area contributed by atoms with Crippen molar-refractivity contribution in [3.63, 3.8) is 0 Å². The van der Waals surface area contributed by atoms with E-state index in [0.29, 0.717) is 37.4 Å². The fraction of sp³-hybridized carbons (Fsp3) is 0.385. The van der Waals surface area contributed by atoms with E-state index >= 15 is 0 Å². The van der Waals surface area contributed by atoms with Crippen LogP contribution in [0.25, 0.3) is 11.0 Å². The molecule has 3 aromatic rings. The molecule has 5 rings (SSSR count). The van der Waals surface area contributed by atoms with Crippen LogP contribution in [0.1, 0.15) is 24.8 Å². The number of hydrogen-bond acceptors (Lipinski definition) is 7. The molecule has 1 N–H and O–H groups in total.